The van der Waals surface area contributed by atoms with Crippen LogP contribution in [0.2, 0.25) is 5.15 Å². The van der Waals surface area contributed by atoms with E-state index in [0.717, 1.165) is 17.5 Å². The molecule has 0 unspecified atom stereocenters. The van der Waals surface area contributed by atoms with Gasteiger partial charge in [-0.1, -0.05) is 22.8 Å². The minimum Gasteiger partial charge on any atom is -0.355 e. The van der Waals surface area contributed by atoms with E-state index in [4.69, 9.17) is 16.1 Å². The Labute approximate surface area is 80.7 Å². The van der Waals surface area contributed by atoms with Crippen LogP contribution in [0.5, 0.6) is 0 Å². The second-order valence-corrected chi connectivity index (χ2v) is 3.19. The number of aromatic nitrogens is 1. The van der Waals surface area contributed by atoms with Gasteiger partial charge >= 0.3 is 0 Å². The topological polar surface area (TPSA) is 38.1 Å². The van der Waals surface area contributed by atoms with E-state index in [1.807, 2.05) is 25.2 Å². The van der Waals surface area contributed by atoms with Crippen LogP contribution >= 0.6 is 11.6 Å². The molecule has 3 nitrogen and oxygen atoms in total. The van der Waals surface area contributed by atoms with Crippen molar-refractivity contribution in [1.82, 2.24) is 10.5 Å². The molecule has 0 aliphatic heterocycles. The van der Waals surface area contributed by atoms with Gasteiger partial charge in [-0.05, 0) is 24.7 Å². The van der Waals surface area contributed by atoms with Crippen molar-refractivity contribution in [3.8, 4) is 0 Å². The maximum atomic E-state index is 5.82. The molecule has 0 saturated carbocycles. The fourth-order valence-electron chi connectivity index (χ4n) is 1.27. The van der Waals surface area contributed by atoms with Gasteiger partial charge in [0, 0.05) is 6.54 Å². The Morgan fingerprint density at radius 2 is 2.38 bits per heavy atom. The van der Waals surface area contributed by atoms with E-state index in [9.17, 15) is 0 Å². The molecule has 1 aromatic carbocycles. The molecule has 0 saturated heterocycles. The van der Waals surface area contributed by atoms with Gasteiger partial charge in [-0.3, -0.25) is 0 Å². The molecule has 0 aliphatic carbocycles. The summed E-state index contributed by atoms with van der Waals surface area (Å²) in [4.78, 5) is 0. The van der Waals surface area contributed by atoms with Crippen molar-refractivity contribution in [2.24, 2.45) is 0 Å². The van der Waals surface area contributed by atoms with Gasteiger partial charge in [0.15, 0.2) is 10.7 Å². The molecule has 0 amide bonds. The summed E-state index contributed by atoms with van der Waals surface area (Å²) in [5.41, 5.74) is 1.89. The molecular weight excluding hydrogens is 188 g/mol. The van der Waals surface area contributed by atoms with Crippen LogP contribution < -0.4 is 5.32 Å². The summed E-state index contributed by atoms with van der Waals surface area (Å²) in [6.07, 6.45) is 0. The maximum Gasteiger partial charge on any atom is 0.180 e. The first-order valence-electron chi connectivity index (χ1n) is 3.99. The van der Waals surface area contributed by atoms with E-state index in [-0.39, 0.29) is 0 Å². The molecule has 0 radical (unpaired) electrons. The van der Waals surface area contributed by atoms with Crippen LogP contribution in [0.1, 0.15) is 5.56 Å². The minimum atomic E-state index is 0.424. The quantitative estimate of drug-likeness (QED) is 0.800. The molecule has 0 spiro atoms. The van der Waals surface area contributed by atoms with Gasteiger partial charge in [0.2, 0.25) is 0 Å². The van der Waals surface area contributed by atoms with Crippen LogP contribution in [0.4, 0.5) is 0 Å². The number of nitrogens with zero attached hydrogens (tertiary/aromatic N) is 1. The zero-order valence-electron chi connectivity index (χ0n) is 7.17. The van der Waals surface area contributed by atoms with Crippen LogP contribution in [-0.4, -0.2) is 12.2 Å². The molecule has 2 rings (SSSR count). The Bertz CT molecular complexity index is 424. The lowest BCUT2D eigenvalue weighted by molar-refractivity contribution is 0.457. The van der Waals surface area contributed by atoms with Crippen molar-refractivity contribution in [2.75, 3.05) is 7.05 Å². The van der Waals surface area contributed by atoms with Gasteiger partial charge in [-0.25, -0.2) is 0 Å². The number of benzene rings is 1. The Hall–Kier alpha value is -1.06. The van der Waals surface area contributed by atoms with Crippen molar-refractivity contribution in [1.29, 1.82) is 0 Å². The zero-order valence-corrected chi connectivity index (χ0v) is 7.93. The second kappa shape index (κ2) is 3.36. The molecule has 1 heterocycles. The molecule has 13 heavy (non-hydrogen) atoms. The number of fused-ring (bicyclic) bond motifs is 1. The highest BCUT2D eigenvalue weighted by atomic mass is 35.5. The summed E-state index contributed by atoms with van der Waals surface area (Å²) >= 11 is 5.82. The summed E-state index contributed by atoms with van der Waals surface area (Å²) in [5, 5.41) is 8.03. The van der Waals surface area contributed by atoms with Gasteiger partial charge in [-0.15, -0.1) is 0 Å². The van der Waals surface area contributed by atoms with E-state index in [2.05, 4.69) is 10.5 Å². The minimum absolute atomic E-state index is 0.424. The first-order valence-corrected chi connectivity index (χ1v) is 4.37. The van der Waals surface area contributed by atoms with Crippen LogP contribution in [0.25, 0.3) is 11.0 Å². The highest BCUT2D eigenvalue weighted by Crippen LogP contribution is 2.23. The van der Waals surface area contributed by atoms with Crippen molar-refractivity contribution >= 4 is 22.6 Å². The number of halogens is 1. The Kier molecular flexibility index (Phi) is 2.20. The molecule has 4 heteroatoms. The van der Waals surface area contributed by atoms with Gasteiger partial charge in [0.05, 0.1) is 5.39 Å². The molecule has 68 valence electrons. The number of rotatable bonds is 2. The number of nitrogens with one attached hydrogen (secondary N) is 1. The molecule has 0 aliphatic rings. The van der Waals surface area contributed by atoms with E-state index < -0.39 is 0 Å². The largest absolute Gasteiger partial charge is 0.355 e. The molecule has 1 aromatic heterocycles. The summed E-state index contributed by atoms with van der Waals surface area (Å²) < 4.78 is 4.98. The molecule has 0 bridgehead atoms. The second-order valence-electron chi connectivity index (χ2n) is 2.83. The maximum absolute atomic E-state index is 5.82. The van der Waals surface area contributed by atoms with E-state index in [1.54, 1.807) is 0 Å². The van der Waals surface area contributed by atoms with E-state index in [0.29, 0.717) is 5.15 Å². The summed E-state index contributed by atoms with van der Waals surface area (Å²) in [5.74, 6) is 0. The third-order valence-electron chi connectivity index (χ3n) is 1.87. The highest BCUT2D eigenvalue weighted by molar-refractivity contribution is 6.34. The summed E-state index contributed by atoms with van der Waals surface area (Å²) in [6.45, 7) is 0.817. The first kappa shape index (κ1) is 8.53. The lowest BCUT2D eigenvalue weighted by Crippen LogP contribution is -2.04. The smallest absolute Gasteiger partial charge is 0.180 e. The van der Waals surface area contributed by atoms with Crippen molar-refractivity contribution in [2.45, 2.75) is 6.54 Å². The summed E-state index contributed by atoms with van der Waals surface area (Å²) in [7, 11) is 1.90. The average Bonchev–Trinajstić information content (AvgIpc) is 2.49. The normalized spacial score (nSPS) is 10.9. The lowest BCUT2D eigenvalue weighted by Gasteiger charge is -1.97. The predicted octanol–water partition coefficient (Wildman–Crippen LogP) is 2.20. The third kappa shape index (κ3) is 1.53. The molecular formula is C9H9ClN2O. The lowest BCUT2D eigenvalue weighted by atomic mass is 10.2. The van der Waals surface area contributed by atoms with E-state index >= 15 is 0 Å². The predicted molar refractivity (Wildman–Crippen MR) is 51.8 cm³/mol. The van der Waals surface area contributed by atoms with Gasteiger partial charge < -0.3 is 9.84 Å². The van der Waals surface area contributed by atoms with Gasteiger partial charge in [-0.2, -0.15) is 0 Å². The van der Waals surface area contributed by atoms with Crippen molar-refractivity contribution < 1.29 is 4.52 Å². The van der Waals surface area contributed by atoms with Crippen molar-refractivity contribution in [3.63, 3.8) is 0 Å². The molecule has 0 fully saturated rings. The van der Waals surface area contributed by atoms with Crippen molar-refractivity contribution in [3.05, 3.63) is 28.9 Å². The number of hydrogen-bond donors (Lipinski definition) is 1. The van der Waals surface area contributed by atoms with Crippen LogP contribution in [0, 0.1) is 0 Å². The first-order chi connectivity index (χ1) is 6.31. The third-order valence-corrected chi connectivity index (χ3v) is 2.14. The monoisotopic (exact) mass is 196 g/mol. The fourth-order valence-corrected chi connectivity index (χ4v) is 1.45. The van der Waals surface area contributed by atoms with Gasteiger partial charge in [0.25, 0.3) is 0 Å². The van der Waals surface area contributed by atoms with Crippen LogP contribution in [0.3, 0.4) is 0 Å². The Balaban J connectivity index is 2.53. The van der Waals surface area contributed by atoms with Gasteiger partial charge in [0.1, 0.15) is 0 Å². The Morgan fingerprint density at radius 3 is 3.15 bits per heavy atom. The molecule has 2 aromatic rings. The SMILES string of the molecule is CNCc1ccc2onc(Cl)c2c1. The molecule has 0 atom stereocenters. The summed E-state index contributed by atoms with van der Waals surface area (Å²) in [6, 6.07) is 5.84. The molecule has 1 N–H and O–H groups in total. The van der Waals surface area contributed by atoms with Crippen LogP contribution in [0.15, 0.2) is 22.7 Å². The average molecular weight is 197 g/mol. The van der Waals surface area contributed by atoms with E-state index in [1.165, 1.54) is 5.56 Å². The number of hydrogen-bond acceptors (Lipinski definition) is 3. The Morgan fingerprint density at radius 1 is 1.54 bits per heavy atom. The fraction of sp³-hybridized carbons (Fsp3) is 0.222. The standard InChI is InChI=1S/C9H9ClN2O/c1-11-5-6-2-3-8-7(4-6)9(10)12-13-8/h2-4,11H,5H2,1H3. The highest BCUT2D eigenvalue weighted by Gasteiger charge is 2.05. The zero-order chi connectivity index (χ0) is 9.26. The van der Waals surface area contributed by atoms with Crippen LogP contribution in [-0.2, 0) is 6.54 Å².